The van der Waals surface area contributed by atoms with Gasteiger partial charge in [-0.2, -0.15) is 13.9 Å². The average molecular weight is 541 g/mol. The molecular formula is C25H28ClF3N4O2S. The zero-order valence-corrected chi connectivity index (χ0v) is 21.4. The highest BCUT2D eigenvalue weighted by molar-refractivity contribution is 7.16. The molecule has 6 nitrogen and oxygen atoms in total. The van der Waals surface area contributed by atoms with Crippen LogP contribution in [0.1, 0.15) is 40.1 Å². The lowest BCUT2D eigenvalue weighted by atomic mass is 9.84. The normalized spacial score (nSPS) is 19.1. The molecule has 1 fully saturated rings. The minimum Gasteiger partial charge on any atom is -0.395 e. The molecule has 0 unspecified atom stereocenters. The molecule has 4 heterocycles. The number of aliphatic hydroxyl groups is 1. The number of aryl methyl sites for hydroxylation is 1. The van der Waals surface area contributed by atoms with Crippen LogP contribution in [0.3, 0.4) is 0 Å². The maximum atomic E-state index is 14.8. The van der Waals surface area contributed by atoms with Crippen molar-refractivity contribution < 1.29 is 23.0 Å². The predicted molar refractivity (Wildman–Crippen MR) is 132 cm³/mol. The third-order valence-corrected chi connectivity index (χ3v) is 8.45. The molecule has 2 aliphatic heterocycles. The first-order valence-electron chi connectivity index (χ1n) is 11.9. The zero-order chi connectivity index (χ0) is 25.5. The molecule has 0 saturated carbocycles. The van der Waals surface area contributed by atoms with Crippen molar-refractivity contribution in [1.82, 2.24) is 20.0 Å². The molecule has 2 aliphatic rings. The molecule has 36 heavy (non-hydrogen) atoms. The summed E-state index contributed by atoms with van der Waals surface area (Å²) in [6.45, 7) is 4.04. The number of likely N-dealkylation sites (tertiary alicyclic amines) is 1. The number of hydrogen-bond donors (Lipinski definition) is 2. The highest BCUT2D eigenvalue weighted by Crippen LogP contribution is 2.52. The van der Waals surface area contributed by atoms with Gasteiger partial charge in [0.15, 0.2) is 0 Å². The Morgan fingerprint density at radius 1 is 1.25 bits per heavy atom. The summed E-state index contributed by atoms with van der Waals surface area (Å²) < 4.78 is 51.4. The highest BCUT2D eigenvalue weighted by atomic mass is 35.5. The molecule has 2 N–H and O–H groups in total. The minimum absolute atomic E-state index is 0.00109. The monoisotopic (exact) mass is 540 g/mol. The Morgan fingerprint density at radius 2 is 2.03 bits per heavy atom. The van der Waals surface area contributed by atoms with E-state index < -0.39 is 18.1 Å². The summed E-state index contributed by atoms with van der Waals surface area (Å²) in [4.78, 5) is 2.80. The molecule has 0 amide bonds. The summed E-state index contributed by atoms with van der Waals surface area (Å²) in [5.41, 5.74) is 2.17. The lowest BCUT2D eigenvalue weighted by Crippen LogP contribution is -2.48. The summed E-state index contributed by atoms with van der Waals surface area (Å²) >= 11 is 7.30. The second kappa shape index (κ2) is 10.1. The van der Waals surface area contributed by atoms with E-state index in [9.17, 15) is 13.2 Å². The number of aromatic nitrogens is 2. The van der Waals surface area contributed by atoms with E-state index in [2.05, 4.69) is 15.3 Å². The van der Waals surface area contributed by atoms with Crippen molar-refractivity contribution in [1.29, 1.82) is 0 Å². The number of nitrogens with zero attached hydrogens (tertiary/aromatic N) is 3. The summed E-state index contributed by atoms with van der Waals surface area (Å²) in [6.07, 6.45) is 3.03. The van der Waals surface area contributed by atoms with Crippen LogP contribution >= 0.6 is 22.9 Å². The van der Waals surface area contributed by atoms with Gasteiger partial charge >= 0.3 is 0 Å². The summed E-state index contributed by atoms with van der Waals surface area (Å²) in [5.74, 6) is -3.39. The number of thiophene rings is 1. The molecule has 0 bridgehead atoms. The van der Waals surface area contributed by atoms with E-state index in [0.29, 0.717) is 60.5 Å². The zero-order valence-electron chi connectivity index (χ0n) is 19.9. The topological polar surface area (TPSA) is 62.5 Å². The molecule has 1 aromatic carbocycles. The van der Waals surface area contributed by atoms with E-state index in [1.165, 1.54) is 23.5 Å². The van der Waals surface area contributed by atoms with Crippen molar-refractivity contribution in [3.63, 3.8) is 0 Å². The van der Waals surface area contributed by atoms with Gasteiger partial charge in [0.1, 0.15) is 23.7 Å². The number of para-hydroxylation sites is 1. The molecule has 0 atom stereocenters. The van der Waals surface area contributed by atoms with Crippen LogP contribution in [0, 0.1) is 12.7 Å². The van der Waals surface area contributed by atoms with E-state index in [1.807, 2.05) is 19.2 Å². The Kier molecular flexibility index (Phi) is 7.19. The molecule has 2 aromatic heterocycles. The SMILES string of the molecule is Cc1nn(-c2c(F)cccc2CNCCO)cc1CN1CCC2(CC1)OCC(F)(F)c1cc(Cl)sc12. The number of halogens is 4. The molecule has 5 rings (SSSR count). The quantitative estimate of drug-likeness (QED) is 0.424. The van der Waals surface area contributed by atoms with E-state index >= 15 is 0 Å². The third-order valence-electron chi connectivity index (χ3n) is 7.00. The fourth-order valence-electron chi connectivity index (χ4n) is 5.05. The van der Waals surface area contributed by atoms with Crippen molar-refractivity contribution in [2.75, 3.05) is 32.8 Å². The van der Waals surface area contributed by atoms with Crippen molar-refractivity contribution in [3.05, 3.63) is 67.9 Å². The first-order valence-corrected chi connectivity index (χ1v) is 13.1. The molecule has 0 aliphatic carbocycles. The van der Waals surface area contributed by atoms with Crippen LogP contribution in [0.25, 0.3) is 5.69 Å². The van der Waals surface area contributed by atoms with Crippen LogP contribution in [0.4, 0.5) is 13.2 Å². The third kappa shape index (κ3) is 4.82. The second-order valence-electron chi connectivity index (χ2n) is 9.39. The van der Waals surface area contributed by atoms with Crippen LogP contribution in [0.5, 0.6) is 0 Å². The maximum Gasteiger partial charge on any atom is 0.297 e. The standard InChI is InChI=1S/C25H28ClF3N4O2S/c1-16-18(14-33(31-16)22-17(12-30-7-10-34)3-2-4-20(22)27)13-32-8-5-24(6-9-32)23-19(11-21(26)36-23)25(28,29)15-35-24/h2-4,11,14,30,34H,5-10,12-13,15H2,1H3. The number of ether oxygens (including phenoxy) is 1. The van der Waals surface area contributed by atoms with Crippen LogP contribution in [-0.4, -0.2) is 52.6 Å². The Labute approximate surface area is 216 Å². The number of benzene rings is 1. The van der Waals surface area contributed by atoms with Crippen molar-refractivity contribution in [3.8, 4) is 5.69 Å². The molecule has 3 aromatic rings. The number of fused-ring (bicyclic) bond motifs is 2. The van der Waals surface area contributed by atoms with E-state index in [1.54, 1.807) is 10.7 Å². The molecule has 194 valence electrons. The Bertz CT molecular complexity index is 1240. The fourth-order valence-corrected chi connectivity index (χ4v) is 6.53. The van der Waals surface area contributed by atoms with Crippen LogP contribution in [0.2, 0.25) is 4.34 Å². The number of alkyl halides is 2. The van der Waals surface area contributed by atoms with Crippen LogP contribution in [0.15, 0.2) is 30.5 Å². The van der Waals surface area contributed by atoms with Gasteiger partial charge in [-0.05, 0) is 37.5 Å². The van der Waals surface area contributed by atoms with Gasteiger partial charge in [-0.15, -0.1) is 11.3 Å². The van der Waals surface area contributed by atoms with Gasteiger partial charge in [-0.1, -0.05) is 23.7 Å². The average Bonchev–Trinajstić information content (AvgIpc) is 3.42. The largest absolute Gasteiger partial charge is 0.395 e. The van der Waals surface area contributed by atoms with Crippen LogP contribution in [-0.2, 0) is 29.3 Å². The van der Waals surface area contributed by atoms with Gasteiger partial charge in [0.2, 0.25) is 0 Å². The maximum absolute atomic E-state index is 14.8. The molecular weight excluding hydrogens is 513 g/mol. The lowest BCUT2D eigenvalue weighted by Gasteiger charge is -2.45. The fraction of sp³-hybridized carbons (Fsp3) is 0.480. The minimum atomic E-state index is -3.02. The van der Waals surface area contributed by atoms with Gasteiger partial charge < -0.3 is 15.2 Å². The first kappa shape index (κ1) is 25.7. The molecule has 11 heteroatoms. The number of hydrogen-bond acceptors (Lipinski definition) is 6. The van der Waals surface area contributed by atoms with Crippen molar-refractivity contribution >= 4 is 22.9 Å². The number of nitrogens with one attached hydrogen (secondary N) is 1. The van der Waals surface area contributed by atoms with Crippen molar-refractivity contribution in [2.45, 2.75) is 44.4 Å². The van der Waals surface area contributed by atoms with E-state index in [0.717, 1.165) is 16.8 Å². The number of rotatable bonds is 7. The summed E-state index contributed by atoms with van der Waals surface area (Å²) in [6, 6.07) is 6.28. The van der Waals surface area contributed by atoms with Crippen molar-refractivity contribution in [2.24, 2.45) is 0 Å². The Hall–Kier alpha value is -1.95. The number of aliphatic hydroxyl groups excluding tert-OH is 1. The summed E-state index contributed by atoms with van der Waals surface area (Å²) in [7, 11) is 0. The highest BCUT2D eigenvalue weighted by Gasteiger charge is 2.51. The number of piperidine rings is 1. The summed E-state index contributed by atoms with van der Waals surface area (Å²) in [5, 5.41) is 16.7. The van der Waals surface area contributed by atoms with Gasteiger partial charge in [-0.25, -0.2) is 9.07 Å². The first-order chi connectivity index (χ1) is 17.2. The molecule has 1 spiro atoms. The van der Waals surface area contributed by atoms with E-state index in [4.69, 9.17) is 21.4 Å². The van der Waals surface area contributed by atoms with Gasteiger partial charge in [0, 0.05) is 54.9 Å². The lowest BCUT2D eigenvalue weighted by molar-refractivity contribution is -0.182. The Morgan fingerprint density at radius 3 is 2.78 bits per heavy atom. The van der Waals surface area contributed by atoms with Crippen LogP contribution < -0.4 is 5.32 Å². The molecule has 1 saturated heterocycles. The molecule has 0 radical (unpaired) electrons. The second-order valence-corrected chi connectivity index (χ2v) is 11.1. The van der Waals surface area contributed by atoms with Gasteiger partial charge in [-0.3, -0.25) is 4.90 Å². The predicted octanol–water partition coefficient (Wildman–Crippen LogP) is 4.73. The van der Waals surface area contributed by atoms with Gasteiger partial charge in [0.25, 0.3) is 5.92 Å². The van der Waals surface area contributed by atoms with E-state index in [-0.39, 0.29) is 18.0 Å². The Balaban J connectivity index is 1.31. The smallest absolute Gasteiger partial charge is 0.297 e. The van der Waals surface area contributed by atoms with Gasteiger partial charge in [0.05, 0.1) is 16.6 Å².